The maximum absolute atomic E-state index is 12.9. The fourth-order valence-corrected chi connectivity index (χ4v) is 3.41. The van der Waals surface area contributed by atoms with E-state index in [9.17, 15) is 19.2 Å². The Morgan fingerprint density at radius 1 is 1.06 bits per heavy atom. The first-order chi connectivity index (χ1) is 14.8. The summed E-state index contributed by atoms with van der Waals surface area (Å²) in [5.41, 5.74) is 0.417. The van der Waals surface area contributed by atoms with Crippen molar-refractivity contribution in [3.63, 3.8) is 0 Å². The molecule has 1 atom stereocenters. The predicted octanol–water partition coefficient (Wildman–Crippen LogP) is 2.75. The highest BCUT2D eigenvalue weighted by molar-refractivity contribution is 6.10. The number of urea groups is 1. The average Bonchev–Trinajstić information content (AvgIpc) is 2.97. The van der Waals surface area contributed by atoms with E-state index in [0.29, 0.717) is 12.8 Å². The number of nitrogens with zero attached hydrogens (tertiary/aromatic N) is 1. The second-order valence-electron chi connectivity index (χ2n) is 7.45. The third kappa shape index (κ3) is 5.09. The minimum absolute atomic E-state index is 0.197. The van der Waals surface area contributed by atoms with Crippen LogP contribution in [-0.4, -0.2) is 47.4 Å². The van der Waals surface area contributed by atoms with Crippen molar-refractivity contribution in [1.29, 1.82) is 0 Å². The van der Waals surface area contributed by atoms with Gasteiger partial charge in [0.1, 0.15) is 12.1 Å². The quantitative estimate of drug-likeness (QED) is 0.502. The topological polar surface area (TPSA) is 105 Å². The molecule has 0 aromatic heterocycles. The van der Waals surface area contributed by atoms with Gasteiger partial charge in [-0.3, -0.25) is 14.5 Å². The predicted molar refractivity (Wildman–Crippen MR) is 114 cm³/mol. The Kier molecular flexibility index (Phi) is 6.69. The SMILES string of the molecule is CCOC(=O)c1ccccc1NC(=O)CN1C(=O)N[C@@](C)(CCc2ccccc2)C1=O. The van der Waals surface area contributed by atoms with E-state index in [4.69, 9.17) is 4.74 Å². The third-order valence-corrected chi connectivity index (χ3v) is 5.10. The molecule has 1 aliphatic rings. The van der Waals surface area contributed by atoms with E-state index < -0.39 is 35.9 Å². The van der Waals surface area contributed by atoms with Gasteiger partial charge in [0, 0.05) is 0 Å². The minimum atomic E-state index is -1.09. The molecule has 2 aromatic rings. The van der Waals surface area contributed by atoms with Crippen molar-refractivity contribution in [2.75, 3.05) is 18.5 Å². The summed E-state index contributed by atoms with van der Waals surface area (Å²) in [6.45, 7) is 3.09. The minimum Gasteiger partial charge on any atom is -0.462 e. The maximum atomic E-state index is 12.9. The van der Waals surface area contributed by atoms with Gasteiger partial charge in [0.15, 0.2) is 0 Å². The molecule has 0 radical (unpaired) electrons. The van der Waals surface area contributed by atoms with Gasteiger partial charge in [-0.15, -0.1) is 0 Å². The zero-order valence-electron chi connectivity index (χ0n) is 17.5. The molecule has 31 heavy (non-hydrogen) atoms. The summed E-state index contributed by atoms with van der Waals surface area (Å²) in [5, 5.41) is 5.29. The number of anilines is 1. The monoisotopic (exact) mass is 423 g/mol. The molecular formula is C23H25N3O5. The van der Waals surface area contributed by atoms with Crippen molar-refractivity contribution < 1.29 is 23.9 Å². The molecule has 8 heteroatoms. The van der Waals surface area contributed by atoms with Gasteiger partial charge in [-0.1, -0.05) is 42.5 Å². The number of hydrogen-bond acceptors (Lipinski definition) is 5. The molecule has 3 rings (SSSR count). The molecule has 1 saturated heterocycles. The van der Waals surface area contributed by atoms with Crippen molar-refractivity contribution in [2.45, 2.75) is 32.2 Å². The lowest BCUT2D eigenvalue weighted by molar-refractivity contribution is -0.133. The van der Waals surface area contributed by atoms with E-state index in [1.165, 1.54) is 6.07 Å². The summed E-state index contributed by atoms with van der Waals surface area (Å²) in [4.78, 5) is 50.8. The fourth-order valence-electron chi connectivity index (χ4n) is 3.41. The van der Waals surface area contributed by atoms with Gasteiger partial charge in [-0.2, -0.15) is 0 Å². The van der Waals surface area contributed by atoms with E-state index >= 15 is 0 Å². The van der Waals surface area contributed by atoms with E-state index in [0.717, 1.165) is 10.5 Å². The van der Waals surface area contributed by atoms with E-state index in [1.807, 2.05) is 30.3 Å². The average molecular weight is 423 g/mol. The van der Waals surface area contributed by atoms with Gasteiger partial charge in [-0.25, -0.2) is 9.59 Å². The van der Waals surface area contributed by atoms with Crippen LogP contribution in [0.3, 0.4) is 0 Å². The molecule has 0 aliphatic carbocycles. The van der Waals surface area contributed by atoms with Crippen LogP contribution in [0.5, 0.6) is 0 Å². The molecule has 1 fully saturated rings. The molecule has 1 aliphatic heterocycles. The second-order valence-corrected chi connectivity index (χ2v) is 7.45. The molecule has 162 valence electrons. The van der Waals surface area contributed by atoms with Gasteiger partial charge in [0.25, 0.3) is 5.91 Å². The maximum Gasteiger partial charge on any atom is 0.340 e. The first-order valence-corrected chi connectivity index (χ1v) is 10.1. The van der Waals surface area contributed by atoms with Crippen molar-refractivity contribution in [1.82, 2.24) is 10.2 Å². The number of nitrogens with one attached hydrogen (secondary N) is 2. The lowest BCUT2D eigenvalue weighted by Gasteiger charge is -2.21. The summed E-state index contributed by atoms with van der Waals surface area (Å²) in [5.74, 6) is -1.61. The van der Waals surface area contributed by atoms with Crippen LogP contribution < -0.4 is 10.6 Å². The second kappa shape index (κ2) is 9.42. The van der Waals surface area contributed by atoms with Crippen LogP contribution in [0.2, 0.25) is 0 Å². The third-order valence-electron chi connectivity index (χ3n) is 5.10. The lowest BCUT2D eigenvalue weighted by Crippen LogP contribution is -2.45. The Bertz CT molecular complexity index is 992. The summed E-state index contributed by atoms with van der Waals surface area (Å²) in [7, 11) is 0. The largest absolute Gasteiger partial charge is 0.462 e. The molecule has 0 unspecified atom stereocenters. The van der Waals surface area contributed by atoms with Crippen LogP contribution in [-0.2, 0) is 20.7 Å². The standard InChI is InChI=1S/C23H25N3O5/c1-3-31-20(28)17-11-7-8-12-18(17)24-19(27)15-26-21(29)23(2,25-22(26)30)14-13-16-9-5-4-6-10-16/h4-12H,3,13-15H2,1-2H3,(H,24,27)(H,25,30)/t23-/m0/s1. The summed E-state index contributed by atoms with van der Waals surface area (Å²) in [6.07, 6.45) is 1.02. The number of carbonyl (C=O) groups excluding carboxylic acids is 4. The normalized spacial score (nSPS) is 17.9. The molecule has 4 amide bonds. The molecular weight excluding hydrogens is 398 g/mol. The van der Waals surface area contributed by atoms with Crippen molar-refractivity contribution in [3.8, 4) is 0 Å². The van der Waals surface area contributed by atoms with Crippen molar-refractivity contribution in [3.05, 3.63) is 65.7 Å². The number of para-hydroxylation sites is 1. The number of ether oxygens (including phenoxy) is 1. The van der Waals surface area contributed by atoms with Crippen LogP contribution in [0, 0.1) is 0 Å². The first-order valence-electron chi connectivity index (χ1n) is 10.1. The molecule has 8 nitrogen and oxygen atoms in total. The molecule has 1 heterocycles. The number of imide groups is 1. The lowest BCUT2D eigenvalue weighted by atomic mass is 9.93. The molecule has 0 saturated carbocycles. The van der Waals surface area contributed by atoms with Crippen LogP contribution in [0.15, 0.2) is 54.6 Å². The van der Waals surface area contributed by atoms with Gasteiger partial charge < -0.3 is 15.4 Å². The van der Waals surface area contributed by atoms with E-state index in [-0.39, 0.29) is 17.9 Å². The summed E-state index contributed by atoms with van der Waals surface area (Å²) < 4.78 is 4.99. The van der Waals surface area contributed by atoms with Crippen LogP contribution in [0.1, 0.15) is 36.2 Å². The van der Waals surface area contributed by atoms with Crippen molar-refractivity contribution in [2.24, 2.45) is 0 Å². The Morgan fingerprint density at radius 2 is 1.74 bits per heavy atom. The van der Waals surface area contributed by atoms with Gasteiger partial charge in [0.05, 0.1) is 17.9 Å². The number of amides is 4. The summed E-state index contributed by atoms with van der Waals surface area (Å²) >= 11 is 0. The Hall–Kier alpha value is -3.68. The summed E-state index contributed by atoms with van der Waals surface area (Å²) in [6, 6.07) is 15.4. The van der Waals surface area contributed by atoms with Crippen LogP contribution >= 0.6 is 0 Å². The van der Waals surface area contributed by atoms with Crippen LogP contribution in [0.25, 0.3) is 0 Å². The number of esters is 1. The molecule has 0 bridgehead atoms. The Morgan fingerprint density at radius 3 is 2.45 bits per heavy atom. The Labute approximate surface area is 180 Å². The highest BCUT2D eigenvalue weighted by Gasteiger charge is 2.47. The zero-order chi connectivity index (χ0) is 22.4. The molecule has 0 spiro atoms. The number of aryl methyl sites for hydroxylation is 1. The fraction of sp³-hybridized carbons (Fsp3) is 0.304. The Balaban J connectivity index is 1.65. The van der Waals surface area contributed by atoms with Gasteiger partial charge in [-0.05, 0) is 44.4 Å². The first kappa shape index (κ1) is 22.0. The number of carbonyl (C=O) groups is 4. The van der Waals surface area contributed by atoms with Crippen LogP contribution in [0.4, 0.5) is 10.5 Å². The number of rotatable bonds is 8. The van der Waals surface area contributed by atoms with E-state index in [2.05, 4.69) is 10.6 Å². The number of benzene rings is 2. The highest BCUT2D eigenvalue weighted by atomic mass is 16.5. The molecule has 2 N–H and O–H groups in total. The van der Waals surface area contributed by atoms with Crippen molar-refractivity contribution >= 4 is 29.5 Å². The number of hydrogen-bond donors (Lipinski definition) is 2. The smallest absolute Gasteiger partial charge is 0.340 e. The van der Waals surface area contributed by atoms with Gasteiger partial charge >= 0.3 is 12.0 Å². The zero-order valence-corrected chi connectivity index (χ0v) is 17.5. The molecule has 2 aromatic carbocycles. The van der Waals surface area contributed by atoms with E-state index in [1.54, 1.807) is 32.0 Å². The van der Waals surface area contributed by atoms with Gasteiger partial charge in [0.2, 0.25) is 5.91 Å². The highest BCUT2D eigenvalue weighted by Crippen LogP contribution is 2.24.